The minimum Gasteiger partial charge on any atom is -0.444 e. The molecule has 3 N–H and O–H groups in total. The zero-order chi connectivity index (χ0) is 33.4. The van der Waals surface area contributed by atoms with Gasteiger partial charge in [-0.15, -0.1) is 0 Å². The van der Waals surface area contributed by atoms with E-state index in [-0.39, 0.29) is 36.2 Å². The summed E-state index contributed by atoms with van der Waals surface area (Å²) in [4.78, 5) is 35.0. The van der Waals surface area contributed by atoms with Crippen LogP contribution in [0.25, 0.3) is 0 Å². The third-order valence-corrected chi connectivity index (χ3v) is 8.51. The number of halogens is 3. The first kappa shape index (κ1) is 33.0. The molecule has 0 atom stereocenters. The van der Waals surface area contributed by atoms with Crippen molar-refractivity contribution in [2.24, 2.45) is 0 Å². The Labute approximate surface area is 267 Å². The van der Waals surface area contributed by atoms with Gasteiger partial charge in [-0.05, 0) is 94.2 Å². The van der Waals surface area contributed by atoms with Gasteiger partial charge in [0.25, 0.3) is 0 Å². The van der Waals surface area contributed by atoms with Crippen LogP contribution in [0.15, 0.2) is 42.6 Å². The molecular weight excluding hydrogens is 597 g/mol. The van der Waals surface area contributed by atoms with Crippen LogP contribution < -0.4 is 16.0 Å². The van der Waals surface area contributed by atoms with Crippen LogP contribution in [0.4, 0.5) is 41.1 Å². The Morgan fingerprint density at radius 1 is 1.11 bits per heavy atom. The van der Waals surface area contributed by atoms with Gasteiger partial charge in [-0.2, -0.15) is 18.2 Å². The Morgan fingerprint density at radius 2 is 1.83 bits per heavy atom. The molecule has 0 aliphatic carbocycles. The van der Waals surface area contributed by atoms with Crippen molar-refractivity contribution in [3.05, 3.63) is 70.4 Å². The Balaban J connectivity index is 1.32. The lowest BCUT2D eigenvalue weighted by Crippen LogP contribution is -2.41. The number of amides is 2. The van der Waals surface area contributed by atoms with E-state index in [1.807, 2.05) is 39.8 Å². The van der Waals surface area contributed by atoms with E-state index < -0.39 is 22.8 Å². The quantitative estimate of drug-likeness (QED) is 0.243. The fraction of sp³-hybridized carbons (Fsp3) is 0.471. The van der Waals surface area contributed by atoms with Crippen LogP contribution in [0.3, 0.4) is 0 Å². The lowest BCUT2D eigenvalue weighted by molar-refractivity contribution is -0.137. The number of rotatable bonds is 7. The first-order chi connectivity index (χ1) is 21.6. The van der Waals surface area contributed by atoms with Crippen molar-refractivity contribution < 1.29 is 27.5 Å². The van der Waals surface area contributed by atoms with Crippen molar-refractivity contribution >= 4 is 35.1 Å². The summed E-state index contributed by atoms with van der Waals surface area (Å²) >= 11 is 0. The molecule has 0 spiro atoms. The van der Waals surface area contributed by atoms with E-state index in [1.54, 1.807) is 36.9 Å². The molecule has 0 saturated carbocycles. The standard InChI is InChI=1S/C34H41F3N6O3/c1-7-20-17-22(21-13-15-43(16-14-21)31(45)46-32(2,3)4)11-12-25(20)41-30-39-19-24(34(35,36)37)28(42-30)38-18-23-9-8-10-26-27(23)33(5,6)29(44)40-26/h8-12,17,19,21H,7,13-16,18H2,1-6H3,(H,40,44)(H2,38,39,41,42). The number of carbonyl (C=O) groups excluding carboxylic acids is 2. The van der Waals surface area contributed by atoms with Gasteiger partial charge in [-0.1, -0.05) is 31.2 Å². The fourth-order valence-electron chi connectivity index (χ4n) is 6.07. The molecule has 2 amide bonds. The van der Waals surface area contributed by atoms with Gasteiger partial charge in [0.2, 0.25) is 11.9 Å². The monoisotopic (exact) mass is 638 g/mol. The number of ether oxygens (including phenoxy) is 1. The number of alkyl halides is 3. The number of hydrogen-bond donors (Lipinski definition) is 3. The lowest BCUT2D eigenvalue weighted by Gasteiger charge is -2.33. The van der Waals surface area contributed by atoms with E-state index in [0.29, 0.717) is 36.4 Å². The number of nitrogens with zero attached hydrogens (tertiary/aromatic N) is 3. The zero-order valence-corrected chi connectivity index (χ0v) is 27.1. The van der Waals surface area contributed by atoms with Gasteiger partial charge in [-0.25, -0.2) is 9.78 Å². The number of aromatic nitrogens is 2. The second kappa shape index (κ2) is 12.4. The van der Waals surface area contributed by atoms with Crippen LogP contribution in [0, 0.1) is 0 Å². The number of carbonyl (C=O) groups is 2. The van der Waals surface area contributed by atoms with Gasteiger partial charge in [0, 0.05) is 37.2 Å². The highest BCUT2D eigenvalue weighted by Gasteiger charge is 2.40. The van der Waals surface area contributed by atoms with Crippen molar-refractivity contribution in [2.75, 3.05) is 29.0 Å². The minimum atomic E-state index is -4.68. The maximum atomic E-state index is 14.0. The average molecular weight is 639 g/mol. The molecule has 2 aliphatic rings. The van der Waals surface area contributed by atoms with E-state index in [1.165, 1.54) is 0 Å². The minimum absolute atomic E-state index is 0.0269. The Kier molecular flexibility index (Phi) is 8.94. The van der Waals surface area contributed by atoms with Crippen molar-refractivity contribution in [2.45, 2.75) is 90.5 Å². The van der Waals surface area contributed by atoms with Crippen LogP contribution in [-0.2, 0) is 34.1 Å². The van der Waals surface area contributed by atoms with E-state index in [2.05, 4.69) is 32.0 Å². The van der Waals surface area contributed by atoms with Gasteiger partial charge in [0.05, 0.1) is 5.41 Å². The van der Waals surface area contributed by atoms with Crippen LogP contribution in [0.1, 0.15) is 88.1 Å². The second-order valence-corrected chi connectivity index (χ2v) is 13.4. The molecule has 246 valence electrons. The molecule has 9 nitrogen and oxygen atoms in total. The first-order valence-corrected chi connectivity index (χ1v) is 15.6. The number of aryl methyl sites for hydroxylation is 1. The number of likely N-dealkylation sites (tertiary alicyclic amines) is 1. The van der Waals surface area contributed by atoms with Crippen molar-refractivity contribution in [3.8, 4) is 0 Å². The third kappa shape index (κ3) is 7.05. The van der Waals surface area contributed by atoms with Crippen molar-refractivity contribution in [1.29, 1.82) is 0 Å². The molecule has 0 bridgehead atoms. The van der Waals surface area contributed by atoms with E-state index in [0.717, 1.165) is 35.7 Å². The number of nitrogens with one attached hydrogen (secondary N) is 3. The fourth-order valence-corrected chi connectivity index (χ4v) is 6.07. The summed E-state index contributed by atoms with van der Waals surface area (Å²) in [6.07, 6.45) is -1.91. The molecule has 2 aromatic carbocycles. The van der Waals surface area contributed by atoms with E-state index in [9.17, 15) is 22.8 Å². The summed E-state index contributed by atoms with van der Waals surface area (Å²) in [5.74, 6) is -0.224. The zero-order valence-electron chi connectivity index (χ0n) is 27.1. The number of anilines is 4. The van der Waals surface area contributed by atoms with E-state index >= 15 is 0 Å². The Morgan fingerprint density at radius 3 is 2.48 bits per heavy atom. The van der Waals surface area contributed by atoms with Crippen LogP contribution in [0.5, 0.6) is 0 Å². The highest BCUT2D eigenvalue weighted by Crippen LogP contribution is 2.41. The topological polar surface area (TPSA) is 108 Å². The summed E-state index contributed by atoms with van der Waals surface area (Å²) in [5, 5.41) is 8.83. The summed E-state index contributed by atoms with van der Waals surface area (Å²) in [7, 11) is 0. The summed E-state index contributed by atoms with van der Waals surface area (Å²) in [6.45, 7) is 12.4. The number of hydrogen-bond acceptors (Lipinski definition) is 7. The van der Waals surface area contributed by atoms with Crippen LogP contribution in [-0.4, -0.2) is 45.6 Å². The normalized spacial score (nSPS) is 16.5. The molecule has 1 saturated heterocycles. The molecule has 1 fully saturated rings. The molecule has 5 rings (SSSR count). The summed E-state index contributed by atoms with van der Waals surface area (Å²) in [6, 6.07) is 11.3. The molecule has 3 heterocycles. The van der Waals surface area contributed by atoms with Gasteiger partial charge in [0.15, 0.2) is 0 Å². The van der Waals surface area contributed by atoms with Gasteiger partial charge in [0.1, 0.15) is 17.0 Å². The second-order valence-electron chi connectivity index (χ2n) is 13.4. The first-order valence-electron chi connectivity index (χ1n) is 15.6. The number of fused-ring (bicyclic) bond motifs is 1. The largest absolute Gasteiger partial charge is 0.444 e. The number of piperidine rings is 1. The molecule has 46 heavy (non-hydrogen) atoms. The summed E-state index contributed by atoms with van der Waals surface area (Å²) in [5.41, 5.74) is 2.57. The number of benzene rings is 2. The molecule has 12 heteroatoms. The average Bonchev–Trinajstić information content (AvgIpc) is 3.22. The van der Waals surface area contributed by atoms with Gasteiger partial charge >= 0.3 is 12.3 Å². The Hall–Kier alpha value is -4.35. The molecule has 1 aromatic heterocycles. The van der Waals surface area contributed by atoms with E-state index in [4.69, 9.17) is 4.74 Å². The van der Waals surface area contributed by atoms with Crippen LogP contribution >= 0.6 is 0 Å². The highest BCUT2D eigenvalue weighted by atomic mass is 19.4. The molecule has 3 aromatic rings. The molecular formula is C34H41F3N6O3. The molecule has 2 aliphatic heterocycles. The maximum Gasteiger partial charge on any atom is 0.421 e. The predicted molar refractivity (Wildman–Crippen MR) is 171 cm³/mol. The molecule has 0 radical (unpaired) electrons. The van der Waals surface area contributed by atoms with Gasteiger partial charge < -0.3 is 25.6 Å². The molecule has 0 unspecified atom stereocenters. The van der Waals surface area contributed by atoms with Crippen molar-refractivity contribution in [1.82, 2.24) is 14.9 Å². The lowest BCUT2D eigenvalue weighted by atomic mass is 9.83. The third-order valence-electron chi connectivity index (χ3n) is 8.51. The summed E-state index contributed by atoms with van der Waals surface area (Å²) < 4.78 is 47.5. The SMILES string of the molecule is CCc1cc(C2CCN(C(=O)OC(C)(C)C)CC2)ccc1Nc1ncc(C(F)(F)F)c(NCc2cccc3c2C(C)(C)C(=O)N3)n1. The van der Waals surface area contributed by atoms with Crippen molar-refractivity contribution in [3.63, 3.8) is 0 Å². The Bertz CT molecular complexity index is 1630. The smallest absolute Gasteiger partial charge is 0.421 e. The predicted octanol–water partition coefficient (Wildman–Crippen LogP) is 7.76. The maximum absolute atomic E-state index is 14.0. The van der Waals surface area contributed by atoms with Gasteiger partial charge in [-0.3, -0.25) is 4.79 Å². The van der Waals surface area contributed by atoms with Crippen LogP contribution in [0.2, 0.25) is 0 Å². The highest BCUT2D eigenvalue weighted by molar-refractivity contribution is 6.06.